The van der Waals surface area contributed by atoms with Crippen LogP contribution >= 0.6 is 11.3 Å². The Morgan fingerprint density at radius 1 is 1.26 bits per heavy atom. The molecule has 2 aromatic heterocycles. The van der Waals surface area contributed by atoms with Crippen molar-refractivity contribution in [2.75, 3.05) is 26.2 Å². The summed E-state index contributed by atoms with van der Waals surface area (Å²) < 4.78 is 16.8. The van der Waals surface area contributed by atoms with E-state index in [2.05, 4.69) is 43.0 Å². The summed E-state index contributed by atoms with van der Waals surface area (Å²) in [5.41, 5.74) is 6.38. The predicted molar refractivity (Wildman–Crippen MR) is 145 cm³/mol. The van der Waals surface area contributed by atoms with Crippen molar-refractivity contribution in [3.63, 3.8) is 0 Å². The van der Waals surface area contributed by atoms with E-state index in [0.717, 1.165) is 65.6 Å². The monoisotopic (exact) mass is 537 g/mol. The molecular formula is C29H35N3O5S. The molecule has 2 aliphatic carbocycles. The van der Waals surface area contributed by atoms with Crippen LogP contribution in [0.4, 0.5) is 4.79 Å². The van der Waals surface area contributed by atoms with Gasteiger partial charge in [0.2, 0.25) is 5.82 Å². The van der Waals surface area contributed by atoms with Crippen molar-refractivity contribution in [2.24, 2.45) is 11.3 Å². The number of fused-ring (bicyclic) bond motifs is 3. The first-order valence-electron chi connectivity index (χ1n) is 13.5. The second kappa shape index (κ2) is 9.38. The SMILES string of the molecule is Cc1cc(-c2noc(-c3sc(C)c4c3C[C@@H]3[C@H]4C3(C)C)n2)cc(C)c1OCCCN1CCC(OC(=O)O)C1. The lowest BCUT2D eigenvalue weighted by Crippen LogP contribution is -2.26. The van der Waals surface area contributed by atoms with Crippen molar-refractivity contribution in [3.8, 4) is 27.9 Å². The molecule has 1 saturated carbocycles. The Labute approximate surface area is 227 Å². The number of carbonyl (C=O) groups is 1. The third-order valence-corrected chi connectivity index (χ3v) is 9.87. The van der Waals surface area contributed by atoms with Crippen LogP contribution in [0.2, 0.25) is 0 Å². The molecule has 38 heavy (non-hydrogen) atoms. The largest absolute Gasteiger partial charge is 0.506 e. The molecular weight excluding hydrogens is 502 g/mol. The van der Waals surface area contributed by atoms with E-state index in [9.17, 15) is 4.79 Å². The van der Waals surface area contributed by atoms with Gasteiger partial charge in [-0.2, -0.15) is 4.98 Å². The second-order valence-electron chi connectivity index (χ2n) is 11.6. The van der Waals surface area contributed by atoms with Crippen molar-refractivity contribution in [1.29, 1.82) is 0 Å². The maximum absolute atomic E-state index is 10.7. The summed E-state index contributed by atoms with van der Waals surface area (Å²) in [5.74, 6) is 3.55. The Morgan fingerprint density at radius 3 is 2.76 bits per heavy atom. The Morgan fingerprint density at radius 2 is 2.03 bits per heavy atom. The molecule has 0 radical (unpaired) electrons. The van der Waals surface area contributed by atoms with Gasteiger partial charge in [-0.1, -0.05) is 19.0 Å². The van der Waals surface area contributed by atoms with Crippen LogP contribution in [0.3, 0.4) is 0 Å². The number of rotatable bonds is 8. The van der Waals surface area contributed by atoms with Crippen LogP contribution in [0.15, 0.2) is 16.7 Å². The maximum Gasteiger partial charge on any atom is 0.506 e. The standard InChI is InChI=1S/C29H35N3O5S/c1-15-11-18(12-16(2)24(15)35-10-6-8-32-9-7-19(14-32)36-28(33)34)26-30-27(37-31-26)25-20-13-21-23(29(21,4)5)22(20)17(3)38-25/h11-12,19,21,23H,6-10,13-14H2,1-5H3,(H,33,34)/t19?,21-,23-/m1/s1. The summed E-state index contributed by atoms with van der Waals surface area (Å²) in [6.07, 6.45) is 1.30. The van der Waals surface area contributed by atoms with Crippen molar-refractivity contribution in [3.05, 3.63) is 39.3 Å². The number of aryl methyl sites for hydroxylation is 3. The fourth-order valence-electron chi connectivity index (χ4n) is 6.75. The van der Waals surface area contributed by atoms with Gasteiger partial charge in [-0.15, -0.1) is 11.3 Å². The summed E-state index contributed by atoms with van der Waals surface area (Å²) in [5, 5.41) is 13.1. The van der Waals surface area contributed by atoms with Gasteiger partial charge in [-0.05, 0) is 91.7 Å². The highest BCUT2D eigenvalue weighted by molar-refractivity contribution is 7.15. The molecule has 3 heterocycles. The van der Waals surface area contributed by atoms with Crippen molar-refractivity contribution < 1.29 is 23.9 Å². The molecule has 0 amide bonds. The second-order valence-corrected chi connectivity index (χ2v) is 12.9. The third kappa shape index (κ3) is 4.39. The molecule has 3 atom stereocenters. The summed E-state index contributed by atoms with van der Waals surface area (Å²) >= 11 is 1.79. The smallest absolute Gasteiger partial charge is 0.493 e. The molecule has 3 aromatic rings. The van der Waals surface area contributed by atoms with E-state index in [-0.39, 0.29) is 6.10 Å². The summed E-state index contributed by atoms with van der Waals surface area (Å²) in [6.45, 7) is 14.0. The molecule has 3 aliphatic rings. The zero-order chi connectivity index (χ0) is 26.8. The van der Waals surface area contributed by atoms with E-state index in [1.54, 1.807) is 11.3 Å². The molecule has 1 N–H and O–H groups in total. The Hall–Kier alpha value is -2.91. The number of hydrogen-bond donors (Lipinski definition) is 1. The molecule has 1 unspecified atom stereocenters. The summed E-state index contributed by atoms with van der Waals surface area (Å²) in [7, 11) is 0. The molecule has 0 bridgehead atoms. The van der Waals surface area contributed by atoms with Crippen LogP contribution in [-0.2, 0) is 11.2 Å². The van der Waals surface area contributed by atoms with Gasteiger partial charge in [0.1, 0.15) is 11.9 Å². The fourth-order valence-corrected chi connectivity index (χ4v) is 7.90. The van der Waals surface area contributed by atoms with Crippen LogP contribution in [-0.4, -0.2) is 58.6 Å². The van der Waals surface area contributed by atoms with Gasteiger partial charge in [-0.3, -0.25) is 4.90 Å². The lowest BCUT2D eigenvalue weighted by Gasteiger charge is -2.17. The van der Waals surface area contributed by atoms with Gasteiger partial charge in [-0.25, -0.2) is 4.79 Å². The molecule has 1 aliphatic heterocycles. The average Bonchev–Trinajstić information content (AvgIpc) is 3.47. The molecule has 6 rings (SSSR count). The first kappa shape index (κ1) is 25.4. The zero-order valence-electron chi connectivity index (χ0n) is 22.7. The first-order valence-corrected chi connectivity index (χ1v) is 14.3. The quantitative estimate of drug-likeness (QED) is 0.267. The Balaban J connectivity index is 1.09. The van der Waals surface area contributed by atoms with Gasteiger partial charge in [0.25, 0.3) is 5.89 Å². The summed E-state index contributed by atoms with van der Waals surface area (Å²) in [6, 6.07) is 4.13. The molecule has 9 heteroatoms. The normalized spacial score (nSPS) is 23.3. The molecule has 8 nitrogen and oxygen atoms in total. The van der Waals surface area contributed by atoms with E-state index in [4.69, 9.17) is 24.1 Å². The minimum Gasteiger partial charge on any atom is -0.493 e. The van der Waals surface area contributed by atoms with E-state index in [1.807, 2.05) is 13.8 Å². The van der Waals surface area contributed by atoms with Crippen LogP contribution in [0.25, 0.3) is 22.2 Å². The number of carboxylic acid groups (broad SMARTS) is 1. The highest BCUT2D eigenvalue weighted by atomic mass is 32.1. The minimum absolute atomic E-state index is 0.223. The molecule has 0 spiro atoms. The van der Waals surface area contributed by atoms with Crippen LogP contribution in [0, 0.1) is 32.1 Å². The lowest BCUT2D eigenvalue weighted by molar-refractivity contribution is 0.0549. The van der Waals surface area contributed by atoms with Gasteiger partial charge >= 0.3 is 6.16 Å². The molecule has 1 aromatic carbocycles. The van der Waals surface area contributed by atoms with Crippen molar-refractivity contribution >= 4 is 17.5 Å². The maximum atomic E-state index is 10.7. The number of ether oxygens (including phenoxy) is 2. The molecule has 1 saturated heterocycles. The zero-order valence-corrected chi connectivity index (χ0v) is 23.5. The number of likely N-dealkylation sites (tertiary alicyclic amines) is 1. The van der Waals surface area contributed by atoms with E-state index in [1.165, 1.54) is 16.0 Å². The fraction of sp³-hybridized carbons (Fsp3) is 0.552. The van der Waals surface area contributed by atoms with Gasteiger partial charge in [0, 0.05) is 30.1 Å². The van der Waals surface area contributed by atoms with E-state index < -0.39 is 6.16 Å². The molecule has 202 valence electrons. The van der Waals surface area contributed by atoms with Gasteiger partial charge < -0.3 is 19.1 Å². The van der Waals surface area contributed by atoms with Crippen LogP contribution in [0.5, 0.6) is 5.75 Å². The Kier molecular flexibility index (Phi) is 6.26. The first-order chi connectivity index (χ1) is 18.1. The lowest BCUT2D eigenvalue weighted by atomic mass is 9.95. The average molecular weight is 538 g/mol. The number of aromatic nitrogens is 2. The number of thiophene rings is 1. The molecule has 2 fully saturated rings. The number of nitrogens with zero attached hydrogens (tertiary/aromatic N) is 3. The third-order valence-electron chi connectivity index (χ3n) is 8.72. The van der Waals surface area contributed by atoms with Crippen LogP contribution < -0.4 is 4.74 Å². The van der Waals surface area contributed by atoms with Gasteiger partial charge in [0.15, 0.2) is 0 Å². The van der Waals surface area contributed by atoms with Crippen LogP contribution in [0.1, 0.15) is 59.7 Å². The Bertz CT molecular complexity index is 1370. The van der Waals surface area contributed by atoms with Crippen molar-refractivity contribution in [2.45, 2.75) is 65.9 Å². The number of benzene rings is 1. The predicted octanol–water partition coefficient (Wildman–Crippen LogP) is 6.22. The van der Waals surface area contributed by atoms with E-state index in [0.29, 0.717) is 36.2 Å². The highest BCUT2D eigenvalue weighted by Gasteiger charge is 2.63. The van der Waals surface area contributed by atoms with E-state index >= 15 is 0 Å². The van der Waals surface area contributed by atoms with Crippen molar-refractivity contribution in [1.82, 2.24) is 15.0 Å². The minimum atomic E-state index is -1.20. The highest BCUT2D eigenvalue weighted by Crippen LogP contribution is 2.72. The topological polar surface area (TPSA) is 97.9 Å². The number of hydrogen-bond acceptors (Lipinski definition) is 8. The van der Waals surface area contributed by atoms with Gasteiger partial charge in [0.05, 0.1) is 11.5 Å². The summed E-state index contributed by atoms with van der Waals surface area (Å²) in [4.78, 5) is 20.3.